The zero-order valence-electron chi connectivity index (χ0n) is 15.1. The highest BCUT2D eigenvalue weighted by Gasteiger charge is 2.25. The van der Waals surface area contributed by atoms with Crippen molar-refractivity contribution in [3.63, 3.8) is 0 Å². The molecule has 2 N–H and O–H groups in total. The molecule has 1 aromatic heterocycles. The van der Waals surface area contributed by atoms with Gasteiger partial charge < -0.3 is 4.98 Å². The molecule has 0 aliphatic carbocycles. The summed E-state index contributed by atoms with van der Waals surface area (Å²) in [6.45, 7) is 1.98. The average Bonchev–Trinajstić information content (AvgIpc) is 3.10. The van der Waals surface area contributed by atoms with Crippen LogP contribution in [0.15, 0.2) is 77.7 Å². The van der Waals surface area contributed by atoms with Crippen LogP contribution in [0.5, 0.6) is 0 Å². The predicted octanol–water partition coefficient (Wildman–Crippen LogP) is 4.08. The van der Waals surface area contributed by atoms with Gasteiger partial charge in [-0.1, -0.05) is 36.4 Å². The highest BCUT2D eigenvalue weighted by atomic mass is 32.2. The number of hydrogen-bond acceptors (Lipinski definition) is 3. The number of H-pyrrole nitrogens is 1. The van der Waals surface area contributed by atoms with Crippen LogP contribution in [0.25, 0.3) is 11.0 Å². The lowest BCUT2D eigenvalue weighted by atomic mass is 10.1. The zero-order valence-corrected chi connectivity index (χ0v) is 15.9. The third-order valence-corrected chi connectivity index (χ3v) is 5.90. The molecule has 0 amide bonds. The Hall–Kier alpha value is -3.03. The van der Waals surface area contributed by atoms with Gasteiger partial charge in [-0.3, -0.25) is 0 Å². The van der Waals surface area contributed by atoms with E-state index < -0.39 is 21.9 Å². The summed E-state index contributed by atoms with van der Waals surface area (Å²) in [6.07, 6.45) is 0. The Morgan fingerprint density at radius 1 is 1.00 bits per heavy atom. The standard InChI is InChI=1S/C21H18FN3O2S/c1-14-7-12-18-19(13-14)24-21(23-18)20(15-5-3-2-4-6-15)25-28(26,27)17-10-8-16(22)9-11-17/h2-13,20,25H,1H3,(H,23,24). The lowest BCUT2D eigenvalue weighted by molar-refractivity contribution is 0.567. The maximum Gasteiger partial charge on any atom is 0.241 e. The predicted molar refractivity (Wildman–Crippen MR) is 106 cm³/mol. The van der Waals surface area contributed by atoms with Crippen LogP contribution in [0.3, 0.4) is 0 Å². The third kappa shape index (κ3) is 3.67. The number of aromatic nitrogens is 2. The van der Waals surface area contributed by atoms with Crippen LogP contribution in [0, 0.1) is 12.7 Å². The van der Waals surface area contributed by atoms with E-state index in [2.05, 4.69) is 14.7 Å². The van der Waals surface area contributed by atoms with Gasteiger partial charge in [0.25, 0.3) is 0 Å². The van der Waals surface area contributed by atoms with Crippen molar-refractivity contribution in [1.82, 2.24) is 14.7 Å². The van der Waals surface area contributed by atoms with Crippen LogP contribution >= 0.6 is 0 Å². The molecule has 0 aliphatic heterocycles. The Labute approximate surface area is 162 Å². The van der Waals surface area contributed by atoms with Gasteiger partial charge in [-0.05, 0) is 54.4 Å². The second-order valence-electron chi connectivity index (χ2n) is 6.56. The second kappa shape index (κ2) is 7.18. The minimum absolute atomic E-state index is 0.0122. The summed E-state index contributed by atoms with van der Waals surface area (Å²) in [6, 6.07) is 19.0. The van der Waals surface area contributed by atoms with E-state index in [9.17, 15) is 12.8 Å². The van der Waals surface area contributed by atoms with Gasteiger partial charge in [0.1, 0.15) is 17.7 Å². The molecule has 0 saturated carbocycles. The maximum absolute atomic E-state index is 13.2. The van der Waals surface area contributed by atoms with E-state index in [4.69, 9.17) is 0 Å². The van der Waals surface area contributed by atoms with Gasteiger partial charge in [-0.25, -0.2) is 17.8 Å². The summed E-state index contributed by atoms with van der Waals surface area (Å²) in [5.74, 6) is -0.0105. The van der Waals surface area contributed by atoms with Crippen molar-refractivity contribution >= 4 is 21.1 Å². The van der Waals surface area contributed by atoms with Crippen molar-refractivity contribution in [2.45, 2.75) is 17.9 Å². The van der Waals surface area contributed by atoms with Gasteiger partial charge in [0.2, 0.25) is 10.0 Å². The molecule has 1 unspecified atom stereocenters. The lowest BCUT2D eigenvalue weighted by Crippen LogP contribution is -2.30. The summed E-state index contributed by atoms with van der Waals surface area (Å²) in [5, 5.41) is 0. The molecule has 7 heteroatoms. The highest BCUT2D eigenvalue weighted by Crippen LogP contribution is 2.25. The molecule has 0 spiro atoms. The summed E-state index contributed by atoms with van der Waals surface area (Å²) in [4.78, 5) is 7.79. The molecule has 0 radical (unpaired) electrons. The molecule has 0 bridgehead atoms. The van der Waals surface area contributed by atoms with E-state index in [1.165, 1.54) is 12.1 Å². The summed E-state index contributed by atoms with van der Waals surface area (Å²) >= 11 is 0. The number of aromatic amines is 1. The number of nitrogens with zero attached hydrogens (tertiary/aromatic N) is 1. The number of aryl methyl sites for hydroxylation is 1. The molecule has 1 heterocycles. The number of benzene rings is 3. The summed E-state index contributed by atoms with van der Waals surface area (Å²) in [5.41, 5.74) is 3.40. The van der Waals surface area contributed by atoms with E-state index in [1.807, 2.05) is 55.5 Å². The largest absolute Gasteiger partial charge is 0.340 e. The maximum atomic E-state index is 13.2. The van der Waals surface area contributed by atoms with Crippen molar-refractivity contribution in [3.05, 3.63) is 95.6 Å². The van der Waals surface area contributed by atoms with E-state index in [0.717, 1.165) is 34.3 Å². The lowest BCUT2D eigenvalue weighted by Gasteiger charge is -2.17. The SMILES string of the molecule is Cc1ccc2nc(C(NS(=O)(=O)c3ccc(F)cc3)c3ccccc3)[nH]c2c1. The zero-order chi connectivity index (χ0) is 19.7. The van der Waals surface area contributed by atoms with Gasteiger partial charge in [0.15, 0.2) is 0 Å². The van der Waals surface area contributed by atoms with Crippen molar-refractivity contribution < 1.29 is 12.8 Å². The fourth-order valence-corrected chi connectivity index (χ4v) is 4.23. The monoisotopic (exact) mass is 395 g/mol. The Morgan fingerprint density at radius 2 is 1.71 bits per heavy atom. The number of hydrogen-bond donors (Lipinski definition) is 2. The first kappa shape index (κ1) is 18.3. The molecule has 28 heavy (non-hydrogen) atoms. The van der Waals surface area contributed by atoms with Crippen molar-refractivity contribution in [2.24, 2.45) is 0 Å². The molecular weight excluding hydrogens is 377 g/mol. The first-order valence-corrected chi connectivity index (χ1v) is 10.2. The van der Waals surface area contributed by atoms with Crippen LogP contribution in [0.1, 0.15) is 23.0 Å². The number of imidazole rings is 1. The van der Waals surface area contributed by atoms with Crippen LogP contribution in [-0.2, 0) is 10.0 Å². The van der Waals surface area contributed by atoms with E-state index in [0.29, 0.717) is 5.82 Å². The number of sulfonamides is 1. The van der Waals surface area contributed by atoms with Gasteiger partial charge in [0.05, 0.1) is 15.9 Å². The quantitative estimate of drug-likeness (QED) is 0.535. The molecule has 142 valence electrons. The molecule has 4 rings (SSSR count). The second-order valence-corrected chi connectivity index (χ2v) is 8.28. The summed E-state index contributed by atoms with van der Waals surface area (Å²) in [7, 11) is -3.89. The Balaban J connectivity index is 1.78. The molecular formula is C21H18FN3O2S. The normalized spacial score (nSPS) is 12.9. The number of nitrogens with one attached hydrogen (secondary N) is 2. The van der Waals surface area contributed by atoms with Gasteiger partial charge in [0, 0.05) is 0 Å². The molecule has 0 saturated heterocycles. The van der Waals surface area contributed by atoms with Crippen molar-refractivity contribution in [1.29, 1.82) is 0 Å². The molecule has 3 aromatic carbocycles. The topological polar surface area (TPSA) is 74.8 Å². The van der Waals surface area contributed by atoms with Crippen molar-refractivity contribution in [3.8, 4) is 0 Å². The van der Waals surface area contributed by atoms with Crippen LogP contribution in [-0.4, -0.2) is 18.4 Å². The fraction of sp³-hybridized carbons (Fsp3) is 0.0952. The smallest absolute Gasteiger partial charge is 0.241 e. The number of halogens is 1. The molecule has 0 fully saturated rings. The number of fused-ring (bicyclic) bond motifs is 1. The van der Waals surface area contributed by atoms with Crippen LogP contribution < -0.4 is 4.72 Å². The van der Waals surface area contributed by atoms with Gasteiger partial charge in [-0.2, -0.15) is 4.72 Å². The number of rotatable bonds is 5. The van der Waals surface area contributed by atoms with Gasteiger partial charge in [-0.15, -0.1) is 0 Å². The van der Waals surface area contributed by atoms with Gasteiger partial charge >= 0.3 is 0 Å². The Kier molecular flexibility index (Phi) is 4.70. The van der Waals surface area contributed by atoms with Crippen molar-refractivity contribution in [2.75, 3.05) is 0 Å². The molecule has 5 nitrogen and oxygen atoms in total. The Bertz CT molecular complexity index is 1220. The Morgan fingerprint density at radius 3 is 2.43 bits per heavy atom. The minimum Gasteiger partial charge on any atom is -0.340 e. The molecule has 0 aliphatic rings. The van der Waals surface area contributed by atoms with E-state index >= 15 is 0 Å². The third-order valence-electron chi connectivity index (χ3n) is 4.46. The first-order valence-electron chi connectivity index (χ1n) is 8.71. The minimum atomic E-state index is -3.89. The fourth-order valence-electron chi connectivity index (χ4n) is 3.04. The van der Waals surface area contributed by atoms with Crippen LogP contribution in [0.2, 0.25) is 0 Å². The van der Waals surface area contributed by atoms with E-state index in [-0.39, 0.29) is 4.90 Å². The first-order chi connectivity index (χ1) is 13.4. The molecule has 1 atom stereocenters. The molecule has 4 aromatic rings. The van der Waals surface area contributed by atoms with Crippen LogP contribution in [0.4, 0.5) is 4.39 Å². The highest BCUT2D eigenvalue weighted by molar-refractivity contribution is 7.89. The average molecular weight is 395 g/mol. The van der Waals surface area contributed by atoms with E-state index in [1.54, 1.807) is 0 Å². The summed E-state index contributed by atoms with van der Waals surface area (Å²) < 4.78 is 41.7.